The first kappa shape index (κ1) is 28.1. The summed E-state index contributed by atoms with van der Waals surface area (Å²) in [5, 5.41) is 12.5. The topological polar surface area (TPSA) is 20.2 Å². The van der Waals surface area contributed by atoms with Crippen molar-refractivity contribution in [2.24, 2.45) is 0 Å². The fourth-order valence-corrected chi connectivity index (χ4v) is 4.99. The first-order chi connectivity index (χ1) is 19.1. The number of rotatable bonds is 12. The van der Waals surface area contributed by atoms with Crippen molar-refractivity contribution in [2.45, 2.75) is 58.0 Å². The second kappa shape index (κ2) is 14.3. The first-order valence-electron chi connectivity index (χ1n) is 14.3. The van der Waals surface area contributed by atoms with E-state index in [9.17, 15) is 5.11 Å². The molecule has 0 radical (unpaired) electrons. The van der Waals surface area contributed by atoms with E-state index in [1.807, 2.05) is 24.3 Å². The molecule has 4 rings (SSSR count). The van der Waals surface area contributed by atoms with Crippen LogP contribution in [-0.2, 0) is 0 Å². The molecular weight excluding hydrogens is 472 g/mol. The summed E-state index contributed by atoms with van der Waals surface area (Å²) in [6.45, 7) is 4.38. The third-order valence-corrected chi connectivity index (χ3v) is 7.23. The van der Waals surface area contributed by atoms with E-state index in [0.29, 0.717) is 12.8 Å². The second-order valence-electron chi connectivity index (χ2n) is 10.2. The Morgan fingerprint density at radius 1 is 0.590 bits per heavy atom. The maximum Gasteiger partial charge on any atom is 0.0968 e. The fraction of sp³-hybridized carbons (Fsp3) is 0.237. The minimum atomic E-state index is -0.990. The van der Waals surface area contributed by atoms with E-state index in [1.165, 1.54) is 0 Å². The lowest BCUT2D eigenvalue weighted by molar-refractivity contribution is 0.0590. The van der Waals surface area contributed by atoms with Crippen LogP contribution in [0.3, 0.4) is 0 Å². The predicted molar refractivity (Wildman–Crippen MR) is 166 cm³/mol. The number of hydrogen-bond donors (Lipinski definition) is 1. The Morgan fingerprint density at radius 3 is 1.31 bits per heavy atom. The summed E-state index contributed by atoms with van der Waals surface area (Å²) in [5.41, 5.74) is 10.2. The van der Waals surface area contributed by atoms with Gasteiger partial charge in [0.05, 0.1) is 5.60 Å². The molecule has 0 fully saturated rings. The summed E-state index contributed by atoms with van der Waals surface area (Å²) in [4.78, 5) is 0. The molecule has 0 aliphatic rings. The summed E-state index contributed by atoms with van der Waals surface area (Å²) in [7, 11) is 0. The molecule has 4 aromatic rings. The van der Waals surface area contributed by atoms with Gasteiger partial charge >= 0.3 is 0 Å². The predicted octanol–water partition coefficient (Wildman–Crippen LogP) is 9.89. The molecule has 0 heterocycles. The van der Waals surface area contributed by atoms with Gasteiger partial charge in [-0.05, 0) is 46.7 Å². The van der Waals surface area contributed by atoms with Gasteiger partial charge in [-0.25, -0.2) is 0 Å². The normalized spacial score (nSPS) is 10.9. The quantitative estimate of drug-likeness (QED) is 0.148. The van der Waals surface area contributed by atoms with Gasteiger partial charge < -0.3 is 5.11 Å². The van der Waals surface area contributed by atoms with Crippen molar-refractivity contribution in [3.05, 3.63) is 161 Å². The number of aliphatic hydroxyl groups is 1. The van der Waals surface area contributed by atoms with Crippen LogP contribution < -0.4 is 0 Å². The Hall–Kier alpha value is -3.90. The molecular formula is C38H40O. The number of unbranched alkanes of at least 4 members (excludes halogenated alkanes) is 2. The molecule has 39 heavy (non-hydrogen) atoms. The van der Waals surface area contributed by atoms with Crippen molar-refractivity contribution in [1.82, 2.24) is 0 Å². The zero-order valence-electron chi connectivity index (χ0n) is 23.3. The molecule has 0 spiro atoms. The highest BCUT2D eigenvalue weighted by Gasteiger charge is 2.30. The highest BCUT2D eigenvalue weighted by molar-refractivity contribution is 5.84. The molecule has 0 saturated carbocycles. The lowest BCUT2D eigenvalue weighted by Gasteiger charge is -2.30. The Labute approximate surface area is 234 Å². The van der Waals surface area contributed by atoms with Gasteiger partial charge in [0.15, 0.2) is 0 Å². The molecule has 4 aromatic carbocycles. The highest BCUT2D eigenvalue weighted by atomic mass is 16.3. The Morgan fingerprint density at radius 2 is 0.949 bits per heavy atom. The molecule has 0 aliphatic heterocycles. The van der Waals surface area contributed by atoms with E-state index >= 15 is 0 Å². The van der Waals surface area contributed by atoms with Crippen LogP contribution in [0.25, 0.3) is 11.1 Å². The molecule has 0 saturated heterocycles. The van der Waals surface area contributed by atoms with Gasteiger partial charge in [0, 0.05) is 11.1 Å². The third kappa shape index (κ3) is 7.58. The molecule has 0 unspecified atom stereocenters. The molecule has 1 heteroatoms. The fourth-order valence-electron chi connectivity index (χ4n) is 4.99. The third-order valence-electron chi connectivity index (χ3n) is 7.23. The van der Waals surface area contributed by atoms with Crippen molar-refractivity contribution < 1.29 is 5.11 Å². The van der Waals surface area contributed by atoms with Crippen molar-refractivity contribution in [1.29, 1.82) is 0 Å². The van der Waals surface area contributed by atoms with Gasteiger partial charge in [0.1, 0.15) is 0 Å². The SMILES string of the molecule is CCCCC(O)(CCCC)C(=C=C(c1ccccc1)c1ccccc1)C=C(c1ccccc1)c1ccccc1. The monoisotopic (exact) mass is 512 g/mol. The highest BCUT2D eigenvalue weighted by Crippen LogP contribution is 2.35. The van der Waals surface area contributed by atoms with Crippen molar-refractivity contribution in [3.8, 4) is 0 Å². The van der Waals surface area contributed by atoms with E-state index < -0.39 is 5.60 Å². The maximum atomic E-state index is 12.5. The van der Waals surface area contributed by atoms with Crippen LogP contribution in [0.2, 0.25) is 0 Å². The minimum absolute atomic E-state index is 0.704. The summed E-state index contributed by atoms with van der Waals surface area (Å²) in [5.74, 6) is 0. The van der Waals surface area contributed by atoms with E-state index in [0.717, 1.165) is 64.7 Å². The van der Waals surface area contributed by atoms with Crippen LogP contribution in [0.1, 0.15) is 74.6 Å². The van der Waals surface area contributed by atoms with E-state index in [2.05, 4.69) is 123 Å². The van der Waals surface area contributed by atoms with Gasteiger partial charge in [-0.2, -0.15) is 0 Å². The molecule has 1 nitrogen and oxygen atoms in total. The Bertz CT molecular complexity index is 1290. The average Bonchev–Trinajstić information content (AvgIpc) is 3.01. The second-order valence-corrected chi connectivity index (χ2v) is 10.2. The van der Waals surface area contributed by atoms with Gasteiger partial charge in [-0.1, -0.05) is 161 Å². The van der Waals surface area contributed by atoms with Crippen LogP contribution >= 0.6 is 0 Å². The van der Waals surface area contributed by atoms with Gasteiger partial charge in [0.25, 0.3) is 0 Å². The summed E-state index contributed by atoms with van der Waals surface area (Å²) < 4.78 is 0. The zero-order chi connectivity index (χ0) is 27.3. The first-order valence-corrected chi connectivity index (χ1v) is 14.3. The Kier molecular flexibility index (Phi) is 10.3. The lowest BCUT2D eigenvalue weighted by atomic mass is 9.81. The van der Waals surface area contributed by atoms with Crippen molar-refractivity contribution >= 4 is 11.1 Å². The molecule has 0 aromatic heterocycles. The molecule has 0 atom stereocenters. The molecule has 0 aliphatic carbocycles. The van der Waals surface area contributed by atoms with Crippen LogP contribution in [0.15, 0.2) is 139 Å². The molecule has 0 bridgehead atoms. The average molecular weight is 513 g/mol. The summed E-state index contributed by atoms with van der Waals surface area (Å²) in [6.07, 6.45) is 7.58. The standard InChI is InChI=1S/C38H40O/c1-3-5-27-38(39,28-6-4-2)35(29-36(31-19-11-7-12-20-31)32-21-13-8-14-22-32)30-37(33-23-15-9-16-24-33)34-25-17-10-18-26-34/h7-26,29,39H,3-6,27-28H2,1-2H3. The molecule has 1 N–H and O–H groups in total. The van der Waals surface area contributed by atoms with Crippen LogP contribution in [0.5, 0.6) is 0 Å². The van der Waals surface area contributed by atoms with Crippen LogP contribution in [0.4, 0.5) is 0 Å². The lowest BCUT2D eigenvalue weighted by Crippen LogP contribution is -2.30. The van der Waals surface area contributed by atoms with Crippen molar-refractivity contribution in [3.63, 3.8) is 0 Å². The number of benzene rings is 4. The summed E-state index contributed by atoms with van der Waals surface area (Å²) >= 11 is 0. The Balaban J connectivity index is 2.08. The van der Waals surface area contributed by atoms with E-state index in [4.69, 9.17) is 0 Å². The number of hydrogen-bond acceptors (Lipinski definition) is 1. The van der Waals surface area contributed by atoms with E-state index in [1.54, 1.807) is 0 Å². The minimum Gasteiger partial charge on any atom is -0.385 e. The summed E-state index contributed by atoms with van der Waals surface area (Å²) in [6, 6.07) is 41.8. The molecule has 198 valence electrons. The van der Waals surface area contributed by atoms with E-state index in [-0.39, 0.29) is 0 Å². The zero-order valence-corrected chi connectivity index (χ0v) is 23.3. The maximum absolute atomic E-state index is 12.5. The smallest absolute Gasteiger partial charge is 0.0968 e. The van der Waals surface area contributed by atoms with Gasteiger partial charge in [0.2, 0.25) is 0 Å². The van der Waals surface area contributed by atoms with Crippen LogP contribution in [-0.4, -0.2) is 10.7 Å². The van der Waals surface area contributed by atoms with Crippen molar-refractivity contribution in [2.75, 3.05) is 0 Å². The van der Waals surface area contributed by atoms with Gasteiger partial charge in [-0.15, -0.1) is 5.73 Å². The largest absolute Gasteiger partial charge is 0.385 e. The molecule has 0 amide bonds. The van der Waals surface area contributed by atoms with Gasteiger partial charge in [-0.3, -0.25) is 0 Å². The van der Waals surface area contributed by atoms with Crippen LogP contribution in [0, 0.1) is 0 Å².